The SMILES string of the molecule is Cc1c(C(=O)Nc2ccc(Cl)c(S(=O)(=O)N3CCCC3)c2)cnn1[C@@H]1CCS(=O)(=O)C1. The van der Waals surface area contributed by atoms with Crippen LogP contribution in [0.15, 0.2) is 29.3 Å². The van der Waals surface area contributed by atoms with Gasteiger partial charge in [0, 0.05) is 24.5 Å². The Kier molecular flexibility index (Phi) is 5.88. The number of nitrogens with one attached hydrogen (secondary N) is 1. The molecule has 2 aliphatic heterocycles. The fraction of sp³-hybridized carbons (Fsp3) is 0.474. The Morgan fingerprint density at radius 2 is 1.97 bits per heavy atom. The summed E-state index contributed by atoms with van der Waals surface area (Å²) in [5, 5.41) is 7.01. The fourth-order valence-electron chi connectivity index (χ4n) is 4.03. The zero-order valence-electron chi connectivity index (χ0n) is 16.9. The van der Waals surface area contributed by atoms with E-state index in [2.05, 4.69) is 10.4 Å². The Labute approximate surface area is 186 Å². The van der Waals surface area contributed by atoms with Crippen LogP contribution >= 0.6 is 11.6 Å². The molecule has 4 rings (SSSR count). The van der Waals surface area contributed by atoms with Crippen molar-refractivity contribution in [2.45, 2.75) is 37.1 Å². The van der Waals surface area contributed by atoms with Crippen molar-refractivity contribution in [3.05, 3.63) is 40.7 Å². The third-order valence-corrected chi connectivity index (χ3v) is 9.85. The van der Waals surface area contributed by atoms with Gasteiger partial charge in [0.25, 0.3) is 5.91 Å². The highest BCUT2D eigenvalue weighted by Gasteiger charge is 2.32. The minimum atomic E-state index is -3.74. The molecule has 9 nitrogen and oxygen atoms in total. The van der Waals surface area contributed by atoms with Gasteiger partial charge in [-0.15, -0.1) is 0 Å². The Balaban J connectivity index is 1.56. The number of hydrogen-bond acceptors (Lipinski definition) is 6. The quantitative estimate of drug-likeness (QED) is 0.692. The van der Waals surface area contributed by atoms with E-state index in [9.17, 15) is 21.6 Å². The van der Waals surface area contributed by atoms with E-state index in [1.54, 1.807) is 11.6 Å². The van der Waals surface area contributed by atoms with Gasteiger partial charge in [0.2, 0.25) is 10.0 Å². The molecule has 168 valence electrons. The van der Waals surface area contributed by atoms with Crippen LogP contribution in [0.2, 0.25) is 5.02 Å². The zero-order valence-corrected chi connectivity index (χ0v) is 19.3. The van der Waals surface area contributed by atoms with Crippen LogP contribution < -0.4 is 5.32 Å². The molecule has 0 aliphatic carbocycles. The largest absolute Gasteiger partial charge is 0.322 e. The number of amides is 1. The van der Waals surface area contributed by atoms with Crippen LogP contribution in [0, 0.1) is 6.92 Å². The van der Waals surface area contributed by atoms with Crippen LogP contribution in [0.4, 0.5) is 5.69 Å². The first-order valence-electron chi connectivity index (χ1n) is 9.94. The van der Waals surface area contributed by atoms with E-state index in [4.69, 9.17) is 11.6 Å². The molecule has 1 amide bonds. The highest BCUT2D eigenvalue weighted by atomic mass is 35.5. The monoisotopic (exact) mass is 486 g/mol. The van der Waals surface area contributed by atoms with Crippen LogP contribution in [0.1, 0.15) is 41.4 Å². The number of benzene rings is 1. The maximum atomic E-state index is 12.9. The standard InChI is InChI=1S/C19H23ClN4O5S2/c1-13-16(11-21-24(13)15-6-9-30(26,27)12-15)19(25)22-14-4-5-17(20)18(10-14)31(28,29)23-7-2-3-8-23/h4-5,10-11,15H,2-3,6-9,12H2,1H3,(H,22,25)/t15-/m1/s1. The molecule has 1 atom stereocenters. The van der Waals surface area contributed by atoms with Crippen LogP contribution in [0.25, 0.3) is 0 Å². The first kappa shape index (κ1) is 22.3. The second-order valence-electron chi connectivity index (χ2n) is 7.86. The van der Waals surface area contributed by atoms with Gasteiger partial charge in [-0.2, -0.15) is 9.40 Å². The van der Waals surface area contributed by atoms with Crippen molar-refractivity contribution in [3.63, 3.8) is 0 Å². The van der Waals surface area contributed by atoms with Crippen molar-refractivity contribution in [1.29, 1.82) is 0 Å². The first-order valence-corrected chi connectivity index (χ1v) is 13.6. The number of sulfonamides is 1. The van der Waals surface area contributed by atoms with Gasteiger partial charge in [-0.25, -0.2) is 16.8 Å². The number of anilines is 1. The van der Waals surface area contributed by atoms with Gasteiger partial charge in [0.15, 0.2) is 9.84 Å². The lowest BCUT2D eigenvalue weighted by Gasteiger charge is -2.17. The maximum absolute atomic E-state index is 12.9. The third-order valence-electron chi connectivity index (χ3n) is 5.72. The molecular weight excluding hydrogens is 464 g/mol. The Bertz CT molecular complexity index is 1230. The van der Waals surface area contributed by atoms with Gasteiger partial charge < -0.3 is 5.32 Å². The van der Waals surface area contributed by atoms with E-state index in [1.165, 1.54) is 28.7 Å². The number of sulfone groups is 1. The number of aromatic nitrogens is 2. The minimum Gasteiger partial charge on any atom is -0.322 e. The van der Waals surface area contributed by atoms with Gasteiger partial charge >= 0.3 is 0 Å². The molecule has 0 unspecified atom stereocenters. The average molecular weight is 487 g/mol. The minimum absolute atomic E-state index is 0.00544. The average Bonchev–Trinajstić information content (AvgIpc) is 3.43. The van der Waals surface area contributed by atoms with Crippen LogP contribution in [-0.2, 0) is 19.9 Å². The number of carbonyl (C=O) groups excluding carboxylic acids is 1. The number of halogens is 1. The lowest BCUT2D eigenvalue weighted by atomic mass is 10.2. The lowest BCUT2D eigenvalue weighted by molar-refractivity contribution is 0.102. The van der Waals surface area contributed by atoms with Crippen molar-refractivity contribution in [3.8, 4) is 0 Å². The number of carbonyl (C=O) groups is 1. The summed E-state index contributed by atoms with van der Waals surface area (Å²) >= 11 is 6.16. The molecule has 2 aromatic rings. The topological polar surface area (TPSA) is 118 Å². The summed E-state index contributed by atoms with van der Waals surface area (Å²) in [6.07, 6.45) is 3.46. The normalized spacial score (nSPS) is 21.4. The van der Waals surface area contributed by atoms with Gasteiger partial charge in [-0.3, -0.25) is 9.48 Å². The van der Waals surface area contributed by atoms with E-state index >= 15 is 0 Å². The predicted molar refractivity (Wildman–Crippen MR) is 117 cm³/mol. The van der Waals surface area contributed by atoms with Crippen molar-refractivity contribution >= 4 is 43.1 Å². The first-order chi connectivity index (χ1) is 14.6. The predicted octanol–water partition coefficient (Wildman–Crippen LogP) is 2.24. The van der Waals surface area contributed by atoms with Gasteiger partial charge in [-0.05, 0) is 44.4 Å². The van der Waals surface area contributed by atoms with Crippen molar-refractivity contribution in [1.82, 2.24) is 14.1 Å². The molecule has 2 aliphatic rings. The molecule has 2 fully saturated rings. The number of rotatable bonds is 5. The van der Waals surface area contributed by atoms with E-state index in [1.807, 2.05) is 0 Å². The molecule has 3 heterocycles. The smallest absolute Gasteiger partial charge is 0.259 e. The summed E-state index contributed by atoms with van der Waals surface area (Å²) in [7, 11) is -6.83. The molecular formula is C19H23ClN4O5S2. The van der Waals surface area contributed by atoms with E-state index < -0.39 is 25.8 Å². The fourth-order valence-corrected chi connectivity index (χ4v) is 7.74. The third kappa shape index (κ3) is 4.36. The van der Waals surface area contributed by atoms with Crippen molar-refractivity contribution in [2.75, 3.05) is 29.9 Å². The summed E-state index contributed by atoms with van der Waals surface area (Å²) in [5.74, 6) is -0.348. The highest BCUT2D eigenvalue weighted by Crippen LogP contribution is 2.30. The lowest BCUT2D eigenvalue weighted by Crippen LogP contribution is -2.28. The van der Waals surface area contributed by atoms with Crippen LogP contribution in [-0.4, -0.2) is 61.4 Å². The Morgan fingerprint density at radius 3 is 2.61 bits per heavy atom. The second-order valence-corrected chi connectivity index (χ2v) is 12.4. The second kappa shape index (κ2) is 8.19. The Hall–Kier alpha value is -1.95. The zero-order chi connectivity index (χ0) is 22.4. The van der Waals surface area contributed by atoms with Gasteiger partial charge in [-0.1, -0.05) is 11.6 Å². The summed E-state index contributed by atoms with van der Waals surface area (Å²) in [6.45, 7) is 2.60. The maximum Gasteiger partial charge on any atom is 0.259 e. The molecule has 0 bridgehead atoms. The van der Waals surface area contributed by atoms with Crippen molar-refractivity contribution in [2.24, 2.45) is 0 Å². The molecule has 0 radical (unpaired) electrons. The molecule has 2 saturated heterocycles. The highest BCUT2D eigenvalue weighted by molar-refractivity contribution is 7.91. The molecule has 12 heteroatoms. The van der Waals surface area contributed by atoms with E-state index in [0.29, 0.717) is 36.5 Å². The van der Waals surface area contributed by atoms with Crippen LogP contribution in [0.3, 0.4) is 0 Å². The number of hydrogen-bond donors (Lipinski definition) is 1. The Morgan fingerprint density at radius 1 is 1.26 bits per heavy atom. The molecule has 0 saturated carbocycles. The molecule has 31 heavy (non-hydrogen) atoms. The van der Waals surface area contributed by atoms with E-state index in [-0.39, 0.29) is 27.5 Å². The molecule has 1 N–H and O–H groups in total. The van der Waals surface area contributed by atoms with E-state index in [0.717, 1.165) is 12.8 Å². The summed E-state index contributed by atoms with van der Waals surface area (Å²) in [6, 6.07) is 4.04. The van der Waals surface area contributed by atoms with Gasteiger partial charge in [0.1, 0.15) is 4.90 Å². The molecule has 1 aromatic heterocycles. The number of nitrogens with zero attached hydrogens (tertiary/aromatic N) is 3. The summed E-state index contributed by atoms with van der Waals surface area (Å²) < 4.78 is 52.3. The summed E-state index contributed by atoms with van der Waals surface area (Å²) in [4.78, 5) is 12.8. The molecule has 0 spiro atoms. The van der Waals surface area contributed by atoms with Crippen molar-refractivity contribution < 1.29 is 21.6 Å². The summed E-state index contributed by atoms with van der Waals surface area (Å²) in [5.41, 5.74) is 1.14. The van der Waals surface area contributed by atoms with Gasteiger partial charge in [0.05, 0.1) is 34.3 Å². The van der Waals surface area contributed by atoms with Crippen LogP contribution in [0.5, 0.6) is 0 Å². The molecule has 1 aromatic carbocycles.